The SMILES string of the molecule is CC1(c2ccco2)NC(=O)N(CC(=O)N2CCN(c3cccc(Cl)c3)CC2)C1=O. The van der Waals surface area contributed by atoms with Crippen LogP contribution in [0.4, 0.5) is 10.5 Å². The summed E-state index contributed by atoms with van der Waals surface area (Å²) in [6.07, 6.45) is 1.44. The zero-order valence-electron chi connectivity index (χ0n) is 15.9. The number of imide groups is 1. The third-order valence-corrected chi connectivity index (χ3v) is 5.62. The number of furan rings is 1. The van der Waals surface area contributed by atoms with Crippen LogP contribution in [0.3, 0.4) is 0 Å². The number of nitrogens with one attached hydrogen (secondary N) is 1. The van der Waals surface area contributed by atoms with Crippen molar-refractivity contribution in [3.63, 3.8) is 0 Å². The fourth-order valence-electron chi connectivity index (χ4n) is 3.69. The number of carbonyl (C=O) groups is 3. The van der Waals surface area contributed by atoms with Gasteiger partial charge in [-0.25, -0.2) is 4.79 Å². The Hall–Kier alpha value is -3.00. The lowest BCUT2D eigenvalue weighted by Gasteiger charge is -2.36. The van der Waals surface area contributed by atoms with Gasteiger partial charge >= 0.3 is 6.03 Å². The van der Waals surface area contributed by atoms with Gasteiger partial charge in [0, 0.05) is 36.9 Å². The lowest BCUT2D eigenvalue weighted by molar-refractivity contribution is -0.139. The molecule has 0 aliphatic carbocycles. The third-order valence-electron chi connectivity index (χ3n) is 5.39. The smallest absolute Gasteiger partial charge is 0.325 e. The molecule has 29 heavy (non-hydrogen) atoms. The van der Waals surface area contributed by atoms with Gasteiger partial charge in [0.25, 0.3) is 5.91 Å². The van der Waals surface area contributed by atoms with E-state index in [4.69, 9.17) is 16.0 Å². The maximum Gasteiger partial charge on any atom is 0.325 e. The molecule has 3 heterocycles. The van der Waals surface area contributed by atoms with Gasteiger partial charge in [0.1, 0.15) is 12.3 Å². The summed E-state index contributed by atoms with van der Waals surface area (Å²) in [7, 11) is 0. The van der Waals surface area contributed by atoms with Gasteiger partial charge in [-0.3, -0.25) is 14.5 Å². The Morgan fingerprint density at radius 2 is 1.93 bits per heavy atom. The van der Waals surface area contributed by atoms with Gasteiger partial charge in [-0.1, -0.05) is 17.7 Å². The van der Waals surface area contributed by atoms with E-state index < -0.39 is 17.5 Å². The molecule has 1 aromatic heterocycles. The molecule has 2 aromatic rings. The largest absolute Gasteiger partial charge is 0.466 e. The number of hydrogen-bond acceptors (Lipinski definition) is 5. The van der Waals surface area contributed by atoms with E-state index in [2.05, 4.69) is 10.2 Å². The van der Waals surface area contributed by atoms with Crippen molar-refractivity contribution in [1.82, 2.24) is 15.1 Å². The molecule has 0 saturated carbocycles. The van der Waals surface area contributed by atoms with E-state index in [-0.39, 0.29) is 12.5 Å². The van der Waals surface area contributed by atoms with E-state index in [1.807, 2.05) is 24.3 Å². The molecule has 1 atom stereocenters. The normalized spacial score (nSPS) is 22.2. The number of rotatable bonds is 4. The molecule has 1 unspecified atom stereocenters. The minimum atomic E-state index is -1.30. The number of amides is 4. The maximum atomic E-state index is 12.8. The lowest BCUT2D eigenvalue weighted by atomic mass is 9.99. The average molecular weight is 417 g/mol. The Kier molecular flexibility index (Phi) is 4.96. The monoisotopic (exact) mass is 416 g/mol. The van der Waals surface area contributed by atoms with E-state index in [0.29, 0.717) is 37.0 Å². The Labute approximate surface area is 173 Å². The van der Waals surface area contributed by atoms with Crippen LogP contribution in [0.1, 0.15) is 12.7 Å². The maximum absolute atomic E-state index is 12.8. The van der Waals surface area contributed by atoms with Gasteiger partial charge in [0.15, 0.2) is 5.54 Å². The average Bonchev–Trinajstić information content (AvgIpc) is 3.33. The van der Waals surface area contributed by atoms with Crippen LogP contribution >= 0.6 is 11.6 Å². The summed E-state index contributed by atoms with van der Waals surface area (Å²) in [5.41, 5.74) is -0.292. The van der Waals surface area contributed by atoms with Gasteiger partial charge in [-0.2, -0.15) is 0 Å². The van der Waals surface area contributed by atoms with Crippen LogP contribution in [0, 0.1) is 0 Å². The minimum absolute atomic E-state index is 0.261. The molecular weight excluding hydrogens is 396 g/mol. The summed E-state index contributed by atoms with van der Waals surface area (Å²) in [5.74, 6) is -0.424. The van der Waals surface area contributed by atoms with Crippen molar-refractivity contribution in [2.24, 2.45) is 0 Å². The molecule has 4 amide bonds. The number of piperazine rings is 1. The van der Waals surface area contributed by atoms with Gasteiger partial charge in [-0.15, -0.1) is 0 Å². The van der Waals surface area contributed by atoms with Crippen LogP contribution in [0.2, 0.25) is 5.02 Å². The number of nitrogens with zero attached hydrogens (tertiary/aromatic N) is 3. The summed E-state index contributed by atoms with van der Waals surface area (Å²) in [6, 6.07) is 10.3. The second-order valence-corrected chi connectivity index (χ2v) is 7.71. The van der Waals surface area contributed by atoms with E-state index >= 15 is 0 Å². The summed E-state index contributed by atoms with van der Waals surface area (Å²) in [6.45, 7) is 3.58. The molecule has 1 N–H and O–H groups in total. The topological polar surface area (TPSA) is 86.1 Å². The third kappa shape index (κ3) is 3.55. The Morgan fingerprint density at radius 1 is 1.17 bits per heavy atom. The highest BCUT2D eigenvalue weighted by Gasteiger charge is 2.51. The second kappa shape index (κ2) is 7.44. The molecule has 0 spiro atoms. The van der Waals surface area contributed by atoms with Gasteiger partial charge < -0.3 is 19.5 Å². The summed E-state index contributed by atoms with van der Waals surface area (Å²) < 4.78 is 5.30. The zero-order chi connectivity index (χ0) is 20.6. The molecular formula is C20H21ClN4O4. The molecule has 1 aromatic carbocycles. The molecule has 2 aliphatic rings. The first-order chi connectivity index (χ1) is 13.9. The molecule has 2 saturated heterocycles. The van der Waals surface area contributed by atoms with Crippen LogP contribution in [0.25, 0.3) is 0 Å². The van der Waals surface area contributed by atoms with E-state index in [0.717, 1.165) is 10.6 Å². The van der Waals surface area contributed by atoms with Gasteiger partial charge in [0.2, 0.25) is 5.91 Å². The lowest BCUT2D eigenvalue weighted by Crippen LogP contribution is -2.52. The zero-order valence-corrected chi connectivity index (χ0v) is 16.7. The van der Waals surface area contributed by atoms with Gasteiger partial charge in [0.05, 0.1) is 6.26 Å². The first-order valence-corrected chi connectivity index (χ1v) is 9.72. The van der Waals surface area contributed by atoms with E-state index in [9.17, 15) is 14.4 Å². The van der Waals surface area contributed by atoms with Crippen molar-refractivity contribution in [2.75, 3.05) is 37.6 Å². The molecule has 152 valence electrons. The predicted octanol–water partition coefficient (Wildman–Crippen LogP) is 2.05. The number of anilines is 1. The molecule has 8 nitrogen and oxygen atoms in total. The number of hydrogen-bond donors (Lipinski definition) is 1. The molecule has 4 rings (SSSR count). The highest BCUT2D eigenvalue weighted by Crippen LogP contribution is 2.29. The summed E-state index contributed by atoms with van der Waals surface area (Å²) in [4.78, 5) is 42.7. The van der Waals surface area contributed by atoms with E-state index in [1.165, 1.54) is 6.26 Å². The van der Waals surface area contributed by atoms with Crippen molar-refractivity contribution in [2.45, 2.75) is 12.5 Å². The Bertz CT molecular complexity index is 940. The fourth-order valence-corrected chi connectivity index (χ4v) is 3.88. The van der Waals surface area contributed by atoms with Crippen LogP contribution in [0.5, 0.6) is 0 Å². The molecule has 9 heteroatoms. The van der Waals surface area contributed by atoms with Crippen molar-refractivity contribution >= 4 is 35.1 Å². The van der Waals surface area contributed by atoms with Crippen molar-refractivity contribution in [3.05, 3.63) is 53.4 Å². The van der Waals surface area contributed by atoms with Crippen LogP contribution in [-0.4, -0.2) is 60.4 Å². The first-order valence-electron chi connectivity index (χ1n) is 9.35. The predicted molar refractivity (Wildman–Crippen MR) is 107 cm³/mol. The minimum Gasteiger partial charge on any atom is -0.466 e. The van der Waals surface area contributed by atoms with Crippen molar-refractivity contribution in [3.8, 4) is 0 Å². The number of carbonyl (C=O) groups excluding carboxylic acids is 3. The second-order valence-electron chi connectivity index (χ2n) is 7.27. The molecule has 0 bridgehead atoms. The van der Waals surface area contributed by atoms with Crippen LogP contribution < -0.4 is 10.2 Å². The fraction of sp³-hybridized carbons (Fsp3) is 0.350. The number of urea groups is 1. The molecule has 0 radical (unpaired) electrons. The Morgan fingerprint density at radius 3 is 2.59 bits per heavy atom. The highest BCUT2D eigenvalue weighted by atomic mass is 35.5. The summed E-state index contributed by atoms with van der Waals surface area (Å²) in [5, 5.41) is 3.29. The van der Waals surface area contributed by atoms with Crippen molar-refractivity contribution in [1.29, 1.82) is 0 Å². The van der Waals surface area contributed by atoms with Crippen LogP contribution in [-0.2, 0) is 15.1 Å². The molecule has 2 aliphatic heterocycles. The first kappa shape index (κ1) is 19.3. The summed E-state index contributed by atoms with van der Waals surface area (Å²) >= 11 is 6.05. The number of benzene rings is 1. The van der Waals surface area contributed by atoms with E-state index in [1.54, 1.807) is 24.0 Å². The van der Waals surface area contributed by atoms with Crippen molar-refractivity contribution < 1.29 is 18.8 Å². The Balaban J connectivity index is 1.38. The van der Waals surface area contributed by atoms with Crippen LogP contribution in [0.15, 0.2) is 47.1 Å². The molecule has 2 fully saturated rings. The number of halogens is 1. The quantitative estimate of drug-likeness (QED) is 0.771. The standard InChI is InChI=1S/C20H21ClN4O4/c1-20(16-6-3-11-29-16)18(27)25(19(28)22-20)13-17(26)24-9-7-23(8-10-24)15-5-2-4-14(21)12-15/h2-6,11-12H,7-10,13H2,1H3,(H,22,28). The highest BCUT2D eigenvalue weighted by molar-refractivity contribution is 6.30. The van der Waals surface area contributed by atoms with Gasteiger partial charge in [-0.05, 0) is 37.3 Å².